The smallest absolute Gasteiger partial charge is 0.163 e. The number of nitrogens with zero attached hydrogens (tertiary/aromatic N) is 2. The van der Waals surface area contributed by atoms with Crippen LogP contribution >= 0.6 is 0 Å². The van der Waals surface area contributed by atoms with Crippen LogP contribution in [-0.2, 0) is 0 Å². The molecule has 0 atom stereocenters. The molecule has 1 aliphatic rings. The molecule has 0 radical (unpaired) electrons. The molecule has 1 aromatic heterocycles. The highest BCUT2D eigenvalue weighted by molar-refractivity contribution is 5.97. The third-order valence-electron chi connectivity index (χ3n) is 2.75. The van der Waals surface area contributed by atoms with E-state index in [1.165, 1.54) is 5.57 Å². The highest BCUT2D eigenvalue weighted by Gasteiger charge is 2.12. The number of Topliss-reactive ketones (excluding diaryl/α,β-unsaturated/α-hetero) is 1. The van der Waals surface area contributed by atoms with E-state index in [0.29, 0.717) is 5.56 Å². The van der Waals surface area contributed by atoms with Gasteiger partial charge in [0.2, 0.25) is 0 Å². The van der Waals surface area contributed by atoms with Gasteiger partial charge in [-0.25, -0.2) is 4.68 Å². The van der Waals surface area contributed by atoms with Gasteiger partial charge in [-0.3, -0.25) is 4.79 Å². The number of hydrogen-bond donors (Lipinski definition) is 0. The number of hydrogen-bond acceptors (Lipinski definition) is 2. The second kappa shape index (κ2) is 4.47. The van der Waals surface area contributed by atoms with E-state index in [1.54, 1.807) is 13.1 Å². The van der Waals surface area contributed by atoms with Crippen LogP contribution in [0.5, 0.6) is 0 Å². The van der Waals surface area contributed by atoms with Crippen LogP contribution in [0, 0.1) is 0 Å². The first-order chi connectivity index (χ1) is 7.72. The Morgan fingerprint density at radius 3 is 3.06 bits per heavy atom. The van der Waals surface area contributed by atoms with Crippen molar-refractivity contribution in [1.82, 2.24) is 9.78 Å². The second-order valence-corrected chi connectivity index (χ2v) is 4.09. The van der Waals surface area contributed by atoms with Crippen molar-refractivity contribution in [3.05, 3.63) is 29.1 Å². The van der Waals surface area contributed by atoms with Crippen molar-refractivity contribution >= 4 is 18.1 Å². The van der Waals surface area contributed by atoms with Gasteiger partial charge in [0, 0.05) is 6.20 Å². The number of allylic oxidation sites excluding steroid dienone is 2. The molecule has 2 rings (SSSR count). The molecule has 0 amide bonds. The van der Waals surface area contributed by atoms with Crippen LogP contribution < -0.4 is 0 Å². The van der Waals surface area contributed by atoms with Crippen LogP contribution in [0.15, 0.2) is 17.8 Å². The predicted molar refractivity (Wildman–Crippen MR) is 65.1 cm³/mol. The molecule has 0 aromatic carbocycles. The third-order valence-corrected chi connectivity index (χ3v) is 2.75. The summed E-state index contributed by atoms with van der Waals surface area (Å²) in [5, 5.41) is 4.24. The van der Waals surface area contributed by atoms with Crippen LogP contribution in [0.3, 0.4) is 0 Å². The lowest BCUT2D eigenvalue weighted by Gasteiger charge is -2.01. The van der Waals surface area contributed by atoms with Gasteiger partial charge in [-0.1, -0.05) is 19.4 Å². The molecule has 0 fully saturated rings. The van der Waals surface area contributed by atoms with Crippen molar-refractivity contribution in [2.24, 2.45) is 0 Å². The lowest BCUT2D eigenvalue weighted by Crippen LogP contribution is -1.97. The fourth-order valence-electron chi connectivity index (χ4n) is 1.95. The molecule has 0 bridgehead atoms. The quantitative estimate of drug-likeness (QED) is 0.727. The van der Waals surface area contributed by atoms with Gasteiger partial charge in [-0.05, 0) is 31.4 Å². The number of ketones is 1. The monoisotopic (exact) mass is 216 g/mol. The fourth-order valence-corrected chi connectivity index (χ4v) is 1.95. The first kappa shape index (κ1) is 10.9. The van der Waals surface area contributed by atoms with Gasteiger partial charge in [0.25, 0.3) is 0 Å². The van der Waals surface area contributed by atoms with E-state index in [9.17, 15) is 4.79 Å². The Bertz CT molecular complexity index is 466. The van der Waals surface area contributed by atoms with Gasteiger partial charge in [0.1, 0.15) is 0 Å². The lowest BCUT2D eigenvalue weighted by atomic mass is 10.1. The number of rotatable bonds is 3. The third kappa shape index (κ3) is 1.98. The van der Waals surface area contributed by atoms with Crippen molar-refractivity contribution in [3.8, 4) is 0 Å². The molecule has 0 N–H and O–H groups in total. The maximum Gasteiger partial charge on any atom is 0.163 e. The summed E-state index contributed by atoms with van der Waals surface area (Å²) in [6, 6.07) is 0. The first-order valence-corrected chi connectivity index (χ1v) is 5.67. The molecule has 0 unspecified atom stereocenters. The van der Waals surface area contributed by atoms with E-state index in [-0.39, 0.29) is 5.78 Å². The topological polar surface area (TPSA) is 34.9 Å². The van der Waals surface area contributed by atoms with Crippen molar-refractivity contribution in [2.45, 2.75) is 33.1 Å². The molecule has 3 heteroatoms. The summed E-state index contributed by atoms with van der Waals surface area (Å²) in [4.78, 5) is 11.4. The number of carbonyl (C=O) groups is 1. The molecule has 1 aromatic rings. The van der Waals surface area contributed by atoms with Crippen LogP contribution in [0.2, 0.25) is 0 Å². The number of aromatic nitrogens is 2. The summed E-state index contributed by atoms with van der Waals surface area (Å²) in [7, 11) is 0. The zero-order valence-electron chi connectivity index (χ0n) is 9.73. The van der Waals surface area contributed by atoms with E-state index in [4.69, 9.17) is 0 Å². The van der Waals surface area contributed by atoms with Gasteiger partial charge in [0.05, 0.1) is 17.5 Å². The Morgan fingerprint density at radius 2 is 2.38 bits per heavy atom. The lowest BCUT2D eigenvalue weighted by molar-refractivity contribution is 0.101. The van der Waals surface area contributed by atoms with Gasteiger partial charge in [-0.2, -0.15) is 5.10 Å². The van der Waals surface area contributed by atoms with Gasteiger partial charge in [0.15, 0.2) is 5.78 Å². The van der Waals surface area contributed by atoms with Crippen molar-refractivity contribution in [3.63, 3.8) is 0 Å². The molecule has 84 valence electrons. The standard InChI is InChI=1S/C13H16N2O/c1-3-5-11-6-4-7-13-12(10(2)16)8-14-15(13)9-11/h4,7-9H,3,5-6H2,1-2H3. The Kier molecular flexibility index (Phi) is 3.04. The minimum atomic E-state index is 0.0678. The SMILES string of the molecule is CCCC1=Cn2ncc(C(C)=O)c2C=CC1. The predicted octanol–water partition coefficient (Wildman–Crippen LogP) is 3.14. The largest absolute Gasteiger partial charge is 0.294 e. The Balaban J connectivity index is 2.42. The summed E-state index contributed by atoms with van der Waals surface area (Å²) in [6.07, 6.45) is 11.0. The zero-order chi connectivity index (χ0) is 11.5. The summed E-state index contributed by atoms with van der Waals surface area (Å²) in [5.74, 6) is 0.0678. The van der Waals surface area contributed by atoms with Crippen LogP contribution in [0.4, 0.5) is 0 Å². The Hall–Kier alpha value is -1.64. The maximum absolute atomic E-state index is 11.4. The Morgan fingerprint density at radius 1 is 1.56 bits per heavy atom. The molecule has 0 saturated carbocycles. The average Bonchev–Trinajstić information content (AvgIpc) is 2.52. The summed E-state index contributed by atoms with van der Waals surface area (Å²) in [5.41, 5.74) is 2.96. The first-order valence-electron chi connectivity index (χ1n) is 5.67. The zero-order valence-corrected chi connectivity index (χ0v) is 9.73. The van der Waals surface area contributed by atoms with Crippen LogP contribution in [0.25, 0.3) is 12.3 Å². The number of fused-ring (bicyclic) bond motifs is 1. The van der Waals surface area contributed by atoms with Crippen molar-refractivity contribution in [2.75, 3.05) is 0 Å². The van der Waals surface area contributed by atoms with E-state index >= 15 is 0 Å². The number of carbonyl (C=O) groups excluding carboxylic acids is 1. The van der Waals surface area contributed by atoms with Crippen LogP contribution in [0.1, 0.15) is 49.2 Å². The molecule has 1 aliphatic heterocycles. The van der Waals surface area contributed by atoms with Gasteiger partial charge in [-0.15, -0.1) is 0 Å². The van der Waals surface area contributed by atoms with Crippen LogP contribution in [-0.4, -0.2) is 15.6 Å². The highest BCUT2D eigenvalue weighted by Crippen LogP contribution is 2.21. The normalized spacial score (nSPS) is 14.2. The van der Waals surface area contributed by atoms with E-state index < -0.39 is 0 Å². The van der Waals surface area contributed by atoms with Gasteiger partial charge >= 0.3 is 0 Å². The van der Waals surface area contributed by atoms with E-state index in [0.717, 1.165) is 25.0 Å². The minimum Gasteiger partial charge on any atom is -0.294 e. The average molecular weight is 216 g/mol. The maximum atomic E-state index is 11.4. The molecule has 16 heavy (non-hydrogen) atoms. The summed E-state index contributed by atoms with van der Waals surface area (Å²) >= 11 is 0. The molecule has 0 saturated heterocycles. The molecule has 0 spiro atoms. The van der Waals surface area contributed by atoms with Gasteiger partial charge < -0.3 is 0 Å². The van der Waals surface area contributed by atoms with E-state index in [1.807, 2.05) is 17.0 Å². The molecule has 2 heterocycles. The second-order valence-electron chi connectivity index (χ2n) is 4.09. The molecule has 3 nitrogen and oxygen atoms in total. The van der Waals surface area contributed by atoms with Crippen molar-refractivity contribution < 1.29 is 4.79 Å². The minimum absolute atomic E-state index is 0.0678. The summed E-state index contributed by atoms with van der Waals surface area (Å²) < 4.78 is 1.81. The Labute approximate surface area is 95.5 Å². The fraction of sp³-hybridized carbons (Fsp3) is 0.385. The summed E-state index contributed by atoms with van der Waals surface area (Å²) in [6.45, 7) is 3.74. The van der Waals surface area contributed by atoms with E-state index in [2.05, 4.69) is 18.1 Å². The molecule has 0 aliphatic carbocycles. The molecular weight excluding hydrogens is 200 g/mol. The van der Waals surface area contributed by atoms with Crippen molar-refractivity contribution in [1.29, 1.82) is 0 Å². The molecular formula is C13H16N2O. The highest BCUT2D eigenvalue weighted by atomic mass is 16.1.